The van der Waals surface area contributed by atoms with Crippen LogP contribution < -0.4 is 0 Å². The molecule has 1 rings (SSSR count). The van der Waals surface area contributed by atoms with E-state index in [1.165, 1.54) is 19.3 Å². The van der Waals surface area contributed by atoms with Crippen LogP contribution in [-0.4, -0.2) is 12.1 Å². The van der Waals surface area contributed by atoms with Crippen LogP contribution >= 0.6 is 0 Å². The van der Waals surface area contributed by atoms with E-state index in [4.69, 9.17) is 4.74 Å². The normalized spacial score (nSPS) is 19.6. The van der Waals surface area contributed by atoms with E-state index in [1.54, 1.807) is 0 Å². The molecule has 0 atom stereocenters. The number of hydrogen-bond donors (Lipinski definition) is 0. The molecule has 0 aromatic rings. The summed E-state index contributed by atoms with van der Waals surface area (Å²) in [6.45, 7) is 8.04. The Kier molecular flexibility index (Phi) is 4.57. The second-order valence-corrected chi connectivity index (χ2v) is 5.62. The van der Waals surface area contributed by atoms with Gasteiger partial charge in [-0.1, -0.05) is 33.3 Å². The van der Waals surface area contributed by atoms with Gasteiger partial charge in [-0.25, -0.2) is 4.79 Å². The maximum atomic E-state index is 12.0. The number of carbonyl (C=O) groups is 1. The molecule has 0 bridgehead atoms. The summed E-state index contributed by atoms with van der Waals surface area (Å²) in [6, 6.07) is 0. The zero-order valence-corrected chi connectivity index (χ0v) is 11.0. The van der Waals surface area contributed by atoms with Gasteiger partial charge < -0.3 is 4.74 Å². The van der Waals surface area contributed by atoms with Crippen LogP contribution in [-0.2, 0) is 9.53 Å². The maximum absolute atomic E-state index is 12.0. The summed E-state index contributed by atoms with van der Waals surface area (Å²) >= 11 is 0. The largest absolute Gasteiger partial charge is 0.459 e. The molecule has 0 saturated heterocycles. The minimum absolute atomic E-state index is 0.123. The Bertz CT molecular complexity index is 265. The van der Waals surface area contributed by atoms with Gasteiger partial charge in [-0.3, -0.25) is 0 Å². The molecule has 1 saturated carbocycles. The smallest absolute Gasteiger partial charge is 0.334 e. The van der Waals surface area contributed by atoms with Crippen LogP contribution in [0, 0.1) is 5.41 Å². The van der Waals surface area contributed by atoms with Crippen LogP contribution in [0.2, 0.25) is 0 Å². The fraction of sp³-hybridized carbons (Fsp3) is 0.786. The molecular formula is C14H24O2. The molecule has 2 nitrogen and oxygen atoms in total. The molecule has 1 aliphatic rings. The molecule has 2 heteroatoms. The number of ether oxygens (including phenoxy) is 1. The summed E-state index contributed by atoms with van der Waals surface area (Å²) in [5, 5.41) is 0. The molecule has 0 spiro atoms. The monoisotopic (exact) mass is 224 g/mol. The molecule has 0 N–H and O–H groups in total. The van der Waals surface area contributed by atoms with Crippen molar-refractivity contribution >= 4 is 5.97 Å². The molecule has 0 amide bonds. The second kappa shape index (κ2) is 5.51. The summed E-state index contributed by atoms with van der Waals surface area (Å²) < 4.78 is 5.56. The lowest BCUT2D eigenvalue weighted by Crippen LogP contribution is -2.26. The van der Waals surface area contributed by atoms with Crippen LogP contribution in [0.4, 0.5) is 0 Å². The predicted octanol–water partition coefficient (Wildman–Crippen LogP) is 3.85. The first-order chi connectivity index (χ1) is 7.45. The first-order valence-corrected chi connectivity index (χ1v) is 6.33. The topological polar surface area (TPSA) is 26.3 Å². The van der Waals surface area contributed by atoms with Gasteiger partial charge in [0.1, 0.15) is 6.10 Å². The van der Waals surface area contributed by atoms with Crippen molar-refractivity contribution in [2.24, 2.45) is 5.41 Å². The standard InChI is InChI=1S/C14H24O2/c1-5-12(14(2,3)4)13(15)16-11-9-7-6-8-10-11/h5,11H,6-10H2,1-4H3. The number of hydrogen-bond acceptors (Lipinski definition) is 2. The van der Waals surface area contributed by atoms with Crippen molar-refractivity contribution in [1.29, 1.82) is 0 Å². The molecule has 92 valence electrons. The van der Waals surface area contributed by atoms with Crippen LogP contribution in [0.25, 0.3) is 0 Å². The van der Waals surface area contributed by atoms with Gasteiger partial charge in [0.05, 0.1) is 0 Å². The van der Waals surface area contributed by atoms with E-state index in [2.05, 4.69) is 0 Å². The lowest BCUT2D eigenvalue weighted by molar-refractivity contribution is -0.146. The quantitative estimate of drug-likeness (QED) is 0.526. The lowest BCUT2D eigenvalue weighted by Gasteiger charge is -2.26. The van der Waals surface area contributed by atoms with Crippen LogP contribution in [0.3, 0.4) is 0 Å². The Morgan fingerprint density at radius 1 is 1.19 bits per heavy atom. The van der Waals surface area contributed by atoms with Gasteiger partial charge in [-0.15, -0.1) is 0 Å². The molecular weight excluding hydrogens is 200 g/mol. The highest BCUT2D eigenvalue weighted by Crippen LogP contribution is 2.28. The van der Waals surface area contributed by atoms with Crippen LogP contribution in [0.15, 0.2) is 11.6 Å². The van der Waals surface area contributed by atoms with Crippen molar-refractivity contribution in [1.82, 2.24) is 0 Å². The van der Waals surface area contributed by atoms with E-state index < -0.39 is 0 Å². The van der Waals surface area contributed by atoms with Gasteiger partial charge in [-0.05, 0) is 38.0 Å². The number of allylic oxidation sites excluding steroid dienone is 1. The summed E-state index contributed by atoms with van der Waals surface area (Å²) in [6.07, 6.45) is 7.77. The van der Waals surface area contributed by atoms with Gasteiger partial charge in [0, 0.05) is 5.57 Å². The summed E-state index contributed by atoms with van der Waals surface area (Å²) in [5.41, 5.74) is 0.665. The van der Waals surface area contributed by atoms with Crippen LogP contribution in [0.5, 0.6) is 0 Å². The molecule has 0 aliphatic heterocycles. The van der Waals surface area contributed by atoms with Crippen molar-refractivity contribution in [3.05, 3.63) is 11.6 Å². The van der Waals surface area contributed by atoms with E-state index in [9.17, 15) is 4.79 Å². The molecule has 0 radical (unpaired) electrons. The predicted molar refractivity (Wildman–Crippen MR) is 66.2 cm³/mol. The molecule has 1 fully saturated rings. The third kappa shape index (κ3) is 3.66. The Balaban J connectivity index is 2.56. The Hall–Kier alpha value is -0.790. The van der Waals surface area contributed by atoms with Crippen molar-refractivity contribution in [2.75, 3.05) is 0 Å². The van der Waals surface area contributed by atoms with Gasteiger partial charge in [0.2, 0.25) is 0 Å². The van der Waals surface area contributed by atoms with E-state index >= 15 is 0 Å². The Labute approximate surface area is 99.1 Å². The molecule has 0 heterocycles. The Morgan fingerprint density at radius 2 is 1.75 bits per heavy atom. The lowest BCUT2D eigenvalue weighted by atomic mass is 9.86. The zero-order valence-electron chi connectivity index (χ0n) is 11.0. The van der Waals surface area contributed by atoms with Crippen molar-refractivity contribution in [2.45, 2.75) is 65.9 Å². The molecule has 16 heavy (non-hydrogen) atoms. The van der Waals surface area contributed by atoms with Crippen molar-refractivity contribution in [3.8, 4) is 0 Å². The van der Waals surface area contributed by atoms with E-state index in [0.717, 1.165) is 18.4 Å². The highest BCUT2D eigenvalue weighted by Gasteiger charge is 2.26. The minimum atomic E-state index is -0.125. The Morgan fingerprint density at radius 3 is 2.19 bits per heavy atom. The molecule has 0 unspecified atom stereocenters. The third-order valence-corrected chi connectivity index (χ3v) is 3.14. The average molecular weight is 224 g/mol. The minimum Gasteiger partial charge on any atom is -0.459 e. The zero-order chi connectivity index (χ0) is 12.2. The second-order valence-electron chi connectivity index (χ2n) is 5.62. The summed E-state index contributed by atoms with van der Waals surface area (Å²) in [7, 11) is 0. The first-order valence-electron chi connectivity index (χ1n) is 6.33. The van der Waals surface area contributed by atoms with Gasteiger partial charge in [-0.2, -0.15) is 0 Å². The average Bonchev–Trinajstić information content (AvgIpc) is 2.17. The van der Waals surface area contributed by atoms with E-state index in [1.807, 2.05) is 33.8 Å². The van der Waals surface area contributed by atoms with E-state index in [-0.39, 0.29) is 17.5 Å². The maximum Gasteiger partial charge on any atom is 0.334 e. The highest BCUT2D eigenvalue weighted by atomic mass is 16.5. The number of esters is 1. The van der Waals surface area contributed by atoms with Gasteiger partial charge in [0.15, 0.2) is 0 Å². The fourth-order valence-corrected chi connectivity index (χ4v) is 2.25. The van der Waals surface area contributed by atoms with E-state index in [0.29, 0.717) is 0 Å². The number of rotatable bonds is 2. The first kappa shape index (κ1) is 13.3. The van der Waals surface area contributed by atoms with Gasteiger partial charge >= 0.3 is 5.97 Å². The fourth-order valence-electron chi connectivity index (χ4n) is 2.25. The van der Waals surface area contributed by atoms with Crippen molar-refractivity contribution < 1.29 is 9.53 Å². The summed E-state index contributed by atoms with van der Waals surface area (Å²) in [5.74, 6) is -0.123. The van der Waals surface area contributed by atoms with Gasteiger partial charge in [0.25, 0.3) is 0 Å². The molecule has 1 aliphatic carbocycles. The molecule has 0 aromatic heterocycles. The molecule has 0 aromatic carbocycles. The van der Waals surface area contributed by atoms with Crippen LogP contribution in [0.1, 0.15) is 59.8 Å². The number of carbonyl (C=O) groups excluding carboxylic acids is 1. The SMILES string of the molecule is CC=C(C(=O)OC1CCCCC1)C(C)(C)C. The van der Waals surface area contributed by atoms with Crippen molar-refractivity contribution in [3.63, 3.8) is 0 Å². The summed E-state index contributed by atoms with van der Waals surface area (Å²) in [4.78, 5) is 12.0. The third-order valence-electron chi connectivity index (χ3n) is 3.14. The highest BCUT2D eigenvalue weighted by molar-refractivity contribution is 5.89.